The van der Waals surface area contributed by atoms with Crippen molar-refractivity contribution in [1.29, 1.82) is 0 Å². The van der Waals surface area contributed by atoms with Crippen molar-refractivity contribution in [1.82, 2.24) is 4.90 Å². The van der Waals surface area contributed by atoms with Gasteiger partial charge in [0.05, 0.1) is 5.41 Å². The van der Waals surface area contributed by atoms with Crippen LogP contribution >= 0.6 is 0 Å². The van der Waals surface area contributed by atoms with Crippen molar-refractivity contribution in [2.24, 2.45) is 5.41 Å². The molecule has 5 heteroatoms. The van der Waals surface area contributed by atoms with Gasteiger partial charge in [-0.05, 0) is 44.5 Å². The largest absolute Gasteiger partial charge is 0.508 e. The third kappa shape index (κ3) is 2.97. The lowest BCUT2D eigenvalue weighted by molar-refractivity contribution is -0.148. The third-order valence-electron chi connectivity index (χ3n) is 4.57. The molecule has 5 nitrogen and oxygen atoms in total. The normalized spacial score (nSPS) is 24.1. The number of hydrogen-bond acceptors (Lipinski definition) is 4. The number of aliphatic carboxylic acids is 1. The minimum atomic E-state index is -0.737. The van der Waals surface area contributed by atoms with E-state index in [0.717, 1.165) is 6.42 Å². The highest BCUT2D eigenvalue weighted by molar-refractivity contribution is 5.75. The molecule has 0 amide bonds. The molecular weight excluding hydrogens is 270 g/mol. The number of phenols is 2. The number of carboxylic acids is 1. The Labute approximate surface area is 124 Å². The number of rotatable bonds is 5. The summed E-state index contributed by atoms with van der Waals surface area (Å²) in [4.78, 5) is 13.7. The minimum Gasteiger partial charge on any atom is -0.508 e. The first-order chi connectivity index (χ1) is 9.89. The van der Waals surface area contributed by atoms with E-state index in [4.69, 9.17) is 0 Å². The maximum Gasteiger partial charge on any atom is 0.310 e. The molecule has 2 unspecified atom stereocenters. The first-order valence-electron chi connectivity index (χ1n) is 7.39. The van der Waals surface area contributed by atoms with E-state index in [2.05, 4.69) is 4.90 Å². The highest BCUT2D eigenvalue weighted by Crippen LogP contribution is 2.41. The van der Waals surface area contributed by atoms with Crippen LogP contribution in [-0.2, 0) is 4.79 Å². The van der Waals surface area contributed by atoms with Gasteiger partial charge in [-0.15, -0.1) is 0 Å². The van der Waals surface area contributed by atoms with Gasteiger partial charge in [0.2, 0.25) is 0 Å². The predicted octanol–water partition coefficient (Wildman–Crippen LogP) is 2.74. The van der Waals surface area contributed by atoms with Crippen molar-refractivity contribution in [3.63, 3.8) is 0 Å². The summed E-state index contributed by atoms with van der Waals surface area (Å²) >= 11 is 0. The molecule has 0 aliphatic carbocycles. The van der Waals surface area contributed by atoms with Crippen LogP contribution in [0, 0.1) is 5.41 Å². The van der Waals surface area contributed by atoms with Crippen LogP contribution in [0.2, 0.25) is 0 Å². The number of likely N-dealkylation sites (tertiary alicyclic amines) is 1. The van der Waals surface area contributed by atoms with E-state index in [0.29, 0.717) is 31.5 Å². The molecule has 3 N–H and O–H groups in total. The zero-order chi connectivity index (χ0) is 15.6. The molecule has 1 aliphatic heterocycles. The van der Waals surface area contributed by atoms with E-state index in [1.807, 2.05) is 13.8 Å². The van der Waals surface area contributed by atoms with Crippen LogP contribution in [0.4, 0.5) is 0 Å². The van der Waals surface area contributed by atoms with Crippen LogP contribution in [0.15, 0.2) is 18.2 Å². The van der Waals surface area contributed by atoms with E-state index in [1.54, 1.807) is 6.07 Å². The molecule has 2 atom stereocenters. The number of benzene rings is 1. The van der Waals surface area contributed by atoms with E-state index < -0.39 is 11.4 Å². The highest BCUT2D eigenvalue weighted by Gasteiger charge is 2.45. The van der Waals surface area contributed by atoms with Crippen molar-refractivity contribution in [2.75, 3.05) is 13.1 Å². The Morgan fingerprint density at radius 2 is 2.14 bits per heavy atom. The molecule has 1 aromatic rings. The van der Waals surface area contributed by atoms with Crippen LogP contribution in [0.1, 0.15) is 44.7 Å². The maximum absolute atomic E-state index is 11.6. The maximum atomic E-state index is 11.6. The van der Waals surface area contributed by atoms with E-state index in [-0.39, 0.29) is 17.5 Å². The first-order valence-corrected chi connectivity index (χ1v) is 7.39. The van der Waals surface area contributed by atoms with E-state index in [9.17, 15) is 20.1 Å². The SMILES string of the molecule is CCCC1(C(=O)O)CCN(C(C)c2cc(O)ccc2O)C1. The predicted molar refractivity (Wildman–Crippen MR) is 79.4 cm³/mol. The number of aromatic hydroxyl groups is 2. The Bertz CT molecular complexity index is 531. The van der Waals surface area contributed by atoms with Crippen LogP contribution in [0.5, 0.6) is 11.5 Å². The standard InChI is InChI=1S/C16H23NO4/c1-3-6-16(15(20)21)7-8-17(10-16)11(2)13-9-12(18)4-5-14(13)19/h4-5,9,11,18-19H,3,6-8,10H2,1-2H3,(H,20,21). The van der Waals surface area contributed by atoms with Gasteiger partial charge in [0.1, 0.15) is 11.5 Å². The van der Waals surface area contributed by atoms with Crippen LogP contribution < -0.4 is 0 Å². The molecule has 1 aliphatic rings. The van der Waals surface area contributed by atoms with Gasteiger partial charge in [-0.25, -0.2) is 0 Å². The topological polar surface area (TPSA) is 81.0 Å². The molecule has 1 aromatic carbocycles. The molecule has 116 valence electrons. The quantitative estimate of drug-likeness (QED) is 0.727. The molecule has 1 saturated heterocycles. The Morgan fingerprint density at radius 1 is 1.43 bits per heavy atom. The molecule has 1 fully saturated rings. The van der Waals surface area contributed by atoms with Crippen molar-refractivity contribution >= 4 is 5.97 Å². The Kier molecular flexibility index (Phi) is 4.42. The van der Waals surface area contributed by atoms with Gasteiger partial charge in [0.25, 0.3) is 0 Å². The molecule has 0 bridgehead atoms. The van der Waals surface area contributed by atoms with Gasteiger partial charge in [0, 0.05) is 18.2 Å². The highest BCUT2D eigenvalue weighted by atomic mass is 16.4. The third-order valence-corrected chi connectivity index (χ3v) is 4.57. The van der Waals surface area contributed by atoms with Gasteiger partial charge in [-0.1, -0.05) is 13.3 Å². The van der Waals surface area contributed by atoms with E-state index >= 15 is 0 Å². The fourth-order valence-electron chi connectivity index (χ4n) is 3.27. The fourth-order valence-corrected chi connectivity index (χ4v) is 3.27. The van der Waals surface area contributed by atoms with Crippen LogP contribution in [0.3, 0.4) is 0 Å². The second-order valence-electron chi connectivity index (χ2n) is 5.98. The Balaban J connectivity index is 2.20. The van der Waals surface area contributed by atoms with Crippen LogP contribution in [0.25, 0.3) is 0 Å². The average molecular weight is 293 g/mol. The molecule has 0 saturated carbocycles. The smallest absolute Gasteiger partial charge is 0.310 e. The summed E-state index contributed by atoms with van der Waals surface area (Å²) in [6.07, 6.45) is 2.13. The summed E-state index contributed by atoms with van der Waals surface area (Å²) in [5.41, 5.74) is -0.0529. The molecular formula is C16H23NO4. The fraction of sp³-hybridized carbons (Fsp3) is 0.562. The number of hydrogen-bond donors (Lipinski definition) is 3. The summed E-state index contributed by atoms with van der Waals surface area (Å²) in [6, 6.07) is 4.32. The summed E-state index contributed by atoms with van der Waals surface area (Å²) in [5.74, 6) is -0.505. The lowest BCUT2D eigenvalue weighted by Crippen LogP contribution is -2.35. The second kappa shape index (κ2) is 5.93. The summed E-state index contributed by atoms with van der Waals surface area (Å²) in [6.45, 7) is 5.09. The summed E-state index contributed by atoms with van der Waals surface area (Å²) in [7, 11) is 0. The number of carbonyl (C=O) groups is 1. The van der Waals surface area contributed by atoms with Crippen molar-refractivity contribution in [2.45, 2.75) is 39.2 Å². The van der Waals surface area contributed by atoms with Gasteiger partial charge in [0.15, 0.2) is 0 Å². The molecule has 21 heavy (non-hydrogen) atoms. The average Bonchev–Trinajstić information content (AvgIpc) is 2.87. The number of nitrogens with zero attached hydrogens (tertiary/aromatic N) is 1. The molecule has 1 heterocycles. The zero-order valence-corrected chi connectivity index (χ0v) is 12.5. The summed E-state index contributed by atoms with van der Waals surface area (Å²) < 4.78 is 0. The van der Waals surface area contributed by atoms with Crippen molar-refractivity contribution in [3.05, 3.63) is 23.8 Å². The van der Waals surface area contributed by atoms with Gasteiger partial charge in [-0.2, -0.15) is 0 Å². The second-order valence-corrected chi connectivity index (χ2v) is 5.98. The van der Waals surface area contributed by atoms with Crippen molar-refractivity contribution < 1.29 is 20.1 Å². The monoisotopic (exact) mass is 293 g/mol. The molecule has 0 spiro atoms. The first kappa shape index (κ1) is 15.6. The van der Waals surface area contributed by atoms with Crippen molar-refractivity contribution in [3.8, 4) is 11.5 Å². The van der Waals surface area contributed by atoms with Gasteiger partial charge >= 0.3 is 5.97 Å². The molecule has 0 radical (unpaired) electrons. The Morgan fingerprint density at radius 3 is 2.76 bits per heavy atom. The Hall–Kier alpha value is -1.75. The minimum absolute atomic E-state index is 0.104. The van der Waals surface area contributed by atoms with Gasteiger partial charge < -0.3 is 15.3 Å². The number of phenolic OH excluding ortho intramolecular Hbond substituents is 2. The lowest BCUT2D eigenvalue weighted by atomic mass is 9.82. The summed E-state index contributed by atoms with van der Waals surface area (Å²) in [5, 5.41) is 29.1. The van der Waals surface area contributed by atoms with Gasteiger partial charge in [-0.3, -0.25) is 9.69 Å². The molecule has 0 aromatic heterocycles. The van der Waals surface area contributed by atoms with E-state index in [1.165, 1.54) is 12.1 Å². The number of carboxylic acid groups (broad SMARTS) is 1. The zero-order valence-electron chi connectivity index (χ0n) is 12.5. The molecule has 2 rings (SSSR count). The van der Waals surface area contributed by atoms with Crippen LogP contribution in [-0.4, -0.2) is 39.3 Å². The lowest BCUT2D eigenvalue weighted by Gasteiger charge is -2.28.